The summed E-state index contributed by atoms with van der Waals surface area (Å²) in [4.78, 5) is 21.1. The maximum Gasteiger partial charge on any atom is 0.224 e. The molecule has 1 amide bonds. The summed E-state index contributed by atoms with van der Waals surface area (Å²) in [5.74, 6) is 0.931. The van der Waals surface area contributed by atoms with Crippen LogP contribution < -0.4 is 15.1 Å². The van der Waals surface area contributed by atoms with Crippen molar-refractivity contribution in [2.24, 2.45) is 5.92 Å². The van der Waals surface area contributed by atoms with Crippen molar-refractivity contribution in [3.05, 3.63) is 47.7 Å². The average Bonchev–Trinajstić information content (AvgIpc) is 2.77. The van der Waals surface area contributed by atoms with Crippen molar-refractivity contribution in [1.82, 2.24) is 4.98 Å². The lowest BCUT2D eigenvalue weighted by atomic mass is 9.82. The van der Waals surface area contributed by atoms with Crippen LogP contribution in [0.1, 0.15) is 37.9 Å². The third kappa shape index (κ3) is 3.71. The highest BCUT2D eigenvalue weighted by molar-refractivity contribution is 5.94. The van der Waals surface area contributed by atoms with Gasteiger partial charge in [-0.15, -0.1) is 0 Å². The van der Waals surface area contributed by atoms with Gasteiger partial charge in [-0.05, 0) is 37.3 Å². The first-order chi connectivity index (χ1) is 14.5. The molecular formula is C23H27N5O2. The molecule has 0 spiro atoms. The summed E-state index contributed by atoms with van der Waals surface area (Å²) in [6.45, 7) is 9.03. The van der Waals surface area contributed by atoms with Crippen LogP contribution in [0.15, 0.2) is 36.5 Å². The Morgan fingerprint density at radius 3 is 2.63 bits per heavy atom. The number of fused-ring (bicyclic) bond motifs is 1. The van der Waals surface area contributed by atoms with Crippen LogP contribution in [0.25, 0.3) is 0 Å². The van der Waals surface area contributed by atoms with Gasteiger partial charge in [0.1, 0.15) is 11.9 Å². The van der Waals surface area contributed by atoms with Gasteiger partial charge < -0.3 is 19.9 Å². The van der Waals surface area contributed by atoms with Crippen molar-refractivity contribution in [3.63, 3.8) is 0 Å². The normalized spacial score (nSPS) is 23.5. The monoisotopic (exact) mass is 405 g/mol. The van der Waals surface area contributed by atoms with E-state index in [4.69, 9.17) is 10.00 Å². The van der Waals surface area contributed by atoms with Gasteiger partial charge in [-0.1, -0.05) is 6.92 Å². The van der Waals surface area contributed by atoms with Crippen LogP contribution in [0.2, 0.25) is 0 Å². The molecule has 2 aliphatic rings. The first-order valence-corrected chi connectivity index (χ1v) is 10.4. The number of carbonyl (C=O) groups excluding carboxylic acids is 1. The Bertz CT molecular complexity index is 963. The fraction of sp³-hybridized carbons (Fsp3) is 0.435. The van der Waals surface area contributed by atoms with Crippen molar-refractivity contribution in [2.45, 2.75) is 32.9 Å². The summed E-state index contributed by atoms with van der Waals surface area (Å²) < 4.78 is 5.49. The van der Waals surface area contributed by atoms with Crippen molar-refractivity contribution in [2.75, 3.05) is 41.4 Å². The molecule has 1 saturated heterocycles. The van der Waals surface area contributed by atoms with Crippen LogP contribution >= 0.6 is 0 Å². The molecule has 0 aliphatic carbocycles. The Morgan fingerprint density at radius 1 is 1.23 bits per heavy atom. The molecule has 1 unspecified atom stereocenters. The summed E-state index contributed by atoms with van der Waals surface area (Å²) in [5, 5.41) is 12.6. The number of hydrogen-bond donors (Lipinski definition) is 1. The molecule has 1 aromatic heterocycles. The lowest BCUT2D eigenvalue weighted by Gasteiger charge is -2.44. The minimum absolute atomic E-state index is 0.00738. The number of nitrogens with zero attached hydrogens (tertiary/aromatic N) is 4. The van der Waals surface area contributed by atoms with Crippen LogP contribution in [0.3, 0.4) is 0 Å². The van der Waals surface area contributed by atoms with E-state index in [1.54, 1.807) is 19.2 Å². The summed E-state index contributed by atoms with van der Waals surface area (Å²) in [7, 11) is 0. The SMILES string of the molecule is CC(=O)N1c2ccc(N3CCOCC3)cc2C(Nc2ccc(C#N)cn2)[C@@H](C)[C@@H]1C. The Labute approximate surface area is 177 Å². The van der Waals surface area contributed by atoms with E-state index < -0.39 is 0 Å². The molecule has 1 fully saturated rings. The van der Waals surface area contributed by atoms with E-state index in [0.717, 1.165) is 49.1 Å². The molecule has 3 heterocycles. The van der Waals surface area contributed by atoms with Crippen molar-refractivity contribution < 1.29 is 9.53 Å². The number of rotatable bonds is 3. The largest absolute Gasteiger partial charge is 0.378 e. The number of nitrogens with one attached hydrogen (secondary N) is 1. The minimum atomic E-state index is -0.00738. The first-order valence-electron chi connectivity index (χ1n) is 10.4. The topological polar surface area (TPSA) is 81.5 Å². The predicted octanol–water partition coefficient (Wildman–Crippen LogP) is 3.33. The predicted molar refractivity (Wildman–Crippen MR) is 117 cm³/mol. The molecule has 2 aliphatic heterocycles. The van der Waals surface area contributed by atoms with Crippen molar-refractivity contribution in [3.8, 4) is 6.07 Å². The Morgan fingerprint density at radius 2 is 2.00 bits per heavy atom. The standard InChI is InChI=1S/C23H27N5O2/c1-15-16(2)28(17(3)29)21-6-5-19(27-8-10-30-11-9-27)12-20(21)23(15)26-22-7-4-18(13-24)14-25-22/h4-7,12,14-16,23H,8-11H2,1-3H3,(H,25,26)/t15-,16-,23?/m0/s1. The van der Waals surface area contributed by atoms with Gasteiger partial charge in [0.2, 0.25) is 5.91 Å². The van der Waals surface area contributed by atoms with Crippen LogP contribution in [0.4, 0.5) is 17.2 Å². The number of morpholine rings is 1. The van der Waals surface area contributed by atoms with E-state index in [1.807, 2.05) is 11.0 Å². The van der Waals surface area contributed by atoms with Gasteiger partial charge in [0.05, 0.1) is 24.8 Å². The number of aromatic nitrogens is 1. The van der Waals surface area contributed by atoms with E-state index in [2.05, 4.69) is 53.3 Å². The summed E-state index contributed by atoms with van der Waals surface area (Å²) >= 11 is 0. The van der Waals surface area contributed by atoms with Crippen LogP contribution in [-0.2, 0) is 9.53 Å². The molecule has 2 aromatic rings. The number of hydrogen-bond acceptors (Lipinski definition) is 6. The molecule has 30 heavy (non-hydrogen) atoms. The lowest BCUT2D eigenvalue weighted by Crippen LogP contribution is -2.48. The highest BCUT2D eigenvalue weighted by Crippen LogP contribution is 2.43. The van der Waals surface area contributed by atoms with Gasteiger partial charge in [-0.25, -0.2) is 4.98 Å². The number of amides is 1. The second-order valence-electron chi connectivity index (χ2n) is 8.00. The molecule has 0 bridgehead atoms. The van der Waals surface area contributed by atoms with E-state index in [9.17, 15) is 4.79 Å². The third-order valence-electron chi connectivity index (χ3n) is 6.21. The quantitative estimate of drug-likeness (QED) is 0.844. The van der Waals surface area contributed by atoms with Crippen LogP contribution in [-0.4, -0.2) is 43.2 Å². The molecule has 0 radical (unpaired) electrons. The van der Waals surface area contributed by atoms with Gasteiger partial charge in [0, 0.05) is 55.1 Å². The zero-order valence-corrected chi connectivity index (χ0v) is 17.6. The maximum atomic E-state index is 12.5. The van der Waals surface area contributed by atoms with Gasteiger partial charge >= 0.3 is 0 Å². The molecule has 7 heteroatoms. The number of nitriles is 1. The molecule has 1 N–H and O–H groups in total. The zero-order chi connectivity index (χ0) is 21.3. The van der Waals surface area contributed by atoms with E-state index in [1.165, 1.54) is 0 Å². The molecular weight excluding hydrogens is 378 g/mol. The highest BCUT2D eigenvalue weighted by Gasteiger charge is 2.38. The van der Waals surface area contributed by atoms with Gasteiger partial charge in [0.15, 0.2) is 0 Å². The molecule has 4 rings (SSSR count). The second kappa shape index (κ2) is 8.33. The summed E-state index contributed by atoms with van der Waals surface area (Å²) in [6.07, 6.45) is 1.58. The van der Waals surface area contributed by atoms with Crippen molar-refractivity contribution in [1.29, 1.82) is 5.26 Å². The Hall–Kier alpha value is -3.11. The second-order valence-corrected chi connectivity index (χ2v) is 8.00. The first kappa shape index (κ1) is 20.2. The highest BCUT2D eigenvalue weighted by atomic mass is 16.5. The fourth-order valence-corrected chi connectivity index (χ4v) is 4.42. The number of benzene rings is 1. The maximum absolute atomic E-state index is 12.5. The van der Waals surface area contributed by atoms with Crippen molar-refractivity contribution >= 4 is 23.1 Å². The smallest absolute Gasteiger partial charge is 0.224 e. The van der Waals surface area contributed by atoms with E-state index in [0.29, 0.717) is 5.56 Å². The number of ether oxygens (including phenoxy) is 1. The molecule has 7 nitrogen and oxygen atoms in total. The van der Waals surface area contributed by atoms with Gasteiger partial charge in [-0.3, -0.25) is 4.79 Å². The van der Waals surface area contributed by atoms with Crippen LogP contribution in [0.5, 0.6) is 0 Å². The van der Waals surface area contributed by atoms with Crippen LogP contribution in [0, 0.1) is 17.2 Å². The summed E-state index contributed by atoms with van der Waals surface area (Å²) in [6, 6.07) is 12.1. The number of pyridine rings is 1. The number of anilines is 3. The van der Waals surface area contributed by atoms with Gasteiger partial charge in [0.25, 0.3) is 0 Å². The zero-order valence-electron chi connectivity index (χ0n) is 17.6. The molecule has 3 atom stereocenters. The Kier molecular flexibility index (Phi) is 5.60. The van der Waals surface area contributed by atoms with E-state index >= 15 is 0 Å². The number of carbonyl (C=O) groups is 1. The molecule has 156 valence electrons. The molecule has 0 saturated carbocycles. The van der Waals surface area contributed by atoms with E-state index in [-0.39, 0.29) is 23.9 Å². The minimum Gasteiger partial charge on any atom is -0.378 e. The average molecular weight is 406 g/mol. The summed E-state index contributed by atoms with van der Waals surface area (Å²) in [5.41, 5.74) is 3.70. The Balaban J connectivity index is 1.74. The lowest BCUT2D eigenvalue weighted by molar-refractivity contribution is -0.117. The third-order valence-corrected chi connectivity index (χ3v) is 6.21. The molecule has 1 aromatic carbocycles. The van der Waals surface area contributed by atoms with Gasteiger partial charge in [-0.2, -0.15) is 5.26 Å². The fourth-order valence-electron chi connectivity index (χ4n) is 4.42.